The lowest BCUT2D eigenvalue weighted by Gasteiger charge is -2.35. The Morgan fingerprint density at radius 2 is 1.45 bits per heavy atom. The first-order valence-electron chi connectivity index (χ1n) is 4.33. The maximum absolute atomic E-state index is 2.31. The number of hydrogen-bond acceptors (Lipinski definition) is 2. The molecule has 0 aromatic heterocycles. The second-order valence-electron chi connectivity index (χ2n) is 3.73. The van der Waals surface area contributed by atoms with Crippen molar-refractivity contribution in [2.24, 2.45) is 0 Å². The molecule has 0 bridgehead atoms. The number of hydrogen-bond donors (Lipinski definition) is 0. The first-order valence-corrected chi connectivity index (χ1v) is 5.49. The summed E-state index contributed by atoms with van der Waals surface area (Å²) in [7, 11) is 9.92. The topological polar surface area (TPSA) is 6.48 Å². The normalized spacial score (nSPS) is 15.3. The van der Waals surface area contributed by atoms with Gasteiger partial charge >= 0.3 is 0 Å². The second kappa shape index (κ2) is 4.90. The van der Waals surface area contributed by atoms with E-state index in [0.717, 1.165) is 5.54 Å². The molecule has 11 heavy (non-hydrogen) atoms. The van der Waals surface area contributed by atoms with E-state index in [1.165, 1.54) is 16.7 Å². The third-order valence-corrected chi connectivity index (χ3v) is 3.62. The second-order valence-corrected chi connectivity index (χ2v) is 5.21. The molecule has 0 saturated heterocycles. The summed E-state index contributed by atoms with van der Waals surface area (Å²) in [6, 6.07) is 0. The highest BCUT2D eigenvalue weighted by atomic mass is 28.1. The van der Waals surface area contributed by atoms with Crippen LogP contribution in [-0.4, -0.2) is 54.4 Å². The van der Waals surface area contributed by atoms with Crippen molar-refractivity contribution in [3.05, 3.63) is 0 Å². The zero-order valence-corrected chi connectivity index (χ0v) is 10.8. The van der Waals surface area contributed by atoms with E-state index >= 15 is 0 Å². The molecule has 0 fully saturated rings. The molecular formula is C8H22N2Si. The largest absolute Gasteiger partial charge is 0.294 e. The molecule has 0 aliphatic heterocycles. The maximum Gasteiger partial charge on any atom is 0.0608 e. The molecule has 0 amide bonds. The summed E-state index contributed by atoms with van der Waals surface area (Å²) in [5.74, 6) is 0. The molecule has 0 aliphatic carbocycles. The van der Waals surface area contributed by atoms with Crippen LogP contribution in [0.5, 0.6) is 0 Å². The fourth-order valence-electron chi connectivity index (χ4n) is 1.69. The van der Waals surface area contributed by atoms with Crippen molar-refractivity contribution in [2.75, 3.05) is 28.2 Å². The van der Waals surface area contributed by atoms with Crippen LogP contribution in [0.4, 0.5) is 0 Å². The van der Waals surface area contributed by atoms with Crippen molar-refractivity contribution >= 4 is 10.2 Å². The monoisotopic (exact) mass is 174 g/mol. The Kier molecular flexibility index (Phi) is 4.96. The molecule has 0 rings (SSSR count). The van der Waals surface area contributed by atoms with Gasteiger partial charge in [-0.15, -0.1) is 0 Å². The number of nitrogens with zero attached hydrogens (tertiary/aromatic N) is 2. The molecule has 0 heterocycles. The van der Waals surface area contributed by atoms with Gasteiger partial charge in [0.25, 0.3) is 0 Å². The highest BCUT2D eigenvalue weighted by Gasteiger charge is 2.19. The molecule has 2 nitrogen and oxygen atoms in total. The molecule has 0 radical (unpaired) electrons. The highest BCUT2D eigenvalue weighted by Crippen LogP contribution is 2.16. The Morgan fingerprint density at radius 1 is 1.09 bits per heavy atom. The van der Waals surface area contributed by atoms with Crippen LogP contribution in [0.2, 0.25) is 5.54 Å². The standard InChI is InChI=1S/C8H22N2Si/c1-6-7(11)8(9(2)3)10(4)5/h7-8H,6H2,1-5,11H3. The predicted molar refractivity (Wildman–Crippen MR) is 55.1 cm³/mol. The van der Waals surface area contributed by atoms with Crippen molar-refractivity contribution in [2.45, 2.75) is 25.1 Å². The van der Waals surface area contributed by atoms with Gasteiger partial charge in [0, 0.05) is 10.2 Å². The predicted octanol–water partition coefficient (Wildman–Crippen LogP) is -0.000400. The van der Waals surface area contributed by atoms with Crippen molar-refractivity contribution < 1.29 is 0 Å². The fraction of sp³-hybridized carbons (Fsp3) is 1.00. The van der Waals surface area contributed by atoms with Crippen molar-refractivity contribution in [3.8, 4) is 0 Å². The lowest BCUT2D eigenvalue weighted by molar-refractivity contribution is 0.120. The minimum absolute atomic E-state index is 0.631. The smallest absolute Gasteiger partial charge is 0.0608 e. The molecule has 0 aromatic rings. The van der Waals surface area contributed by atoms with E-state index in [9.17, 15) is 0 Å². The number of rotatable bonds is 4. The average molecular weight is 174 g/mol. The highest BCUT2D eigenvalue weighted by molar-refractivity contribution is 6.12. The van der Waals surface area contributed by atoms with Gasteiger partial charge in [-0.1, -0.05) is 13.3 Å². The molecule has 68 valence electrons. The van der Waals surface area contributed by atoms with Gasteiger partial charge in [0.1, 0.15) is 0 Å². The first kappa shape index (κ1) is 11.1. The maximum atomic E-state index is 2.31. The van der Waals surface area contributed by atoms with Gasteiger partial charge in [0.2, 0.25) is 0 Å². The van der Waals surface area contributed by atoms with Crippen LogP contribution in [0.1, 0.15) is 13.3 Å². The van der Waals surface area contributed by atoms with Crippen LogP contribution >= 0.6 is 0 Å². The summed E-state index contributed by atoms with van der Waals surface area (Å²) in [6.07, 6.45) is 1.93. The van der Waals surface area contributed by atoms with Gasteiger partial charge in [-0.3, -0.25) is 9.80 Å². The van der Waals surface area contributed by atoms with Crippen LogP contribution in [0.25, 0.3) is 0 Å². The van der Waals surface area contributed by atoms with E-state index < -0.39 is 0 Å². The van der Waals surface area contributed by atoms with E-state index in [-0.39, 0.29) is 0 Å². The van der Waals surface area contributed by atoms with Crippen LogP contribution in [0.15, 0.2) is 0 Å². The molecule has 0 saturated carbocycles. The van der Waals surface area contributed by atoms with Gasteiger partial charge < -0.3 is 0 Å². The zero-order chi connectivity index (χ0) is 9.02. The van der Waals surface area contributed by atoms with Crippen LogP contribution in [0.3, 0.4) is 0 Å². The first-order chi connectivity index (χ1) is 5.00. The summed E-state index contributed by atoms with van der Waals surface area (Å²) in [5.41, 5.74) is 0.875. The third-order valence-electron chi connectivity index (χ3n) is 2.21. The van der Waals surface area contributed by atoms with Crippen LogP contribution in [-0.2, 0) is 0 Å². The average Bonchev–Trinajstić information content (AvgIpc) is 1.85. The van der Waals surface area contributed by atoms with Crippen LogP contribution in [0, 0.1) is 0 Å². The summed E-state index contributed by atoms with van der Waals surface area (Å²) < 4.78 is 0. The van der Waals surface area contributed by atoms with Gasteiger partial charge in [0.05, 0.1) is 6.17 Å². The van der Waals surface area contributed by atoms with Gasteiger partial charge in [-0.05, 0) is 33.7 Å². The Bertz CT molecular complexity index is 96.3. The minimum Gasteiger partial charge on any atom is -0.294 e. The summed E-state index contributed by atoms with van der Waals surface area (Å²) >= 11 is 0. The zero-order valence-electron chi connectivity index (χ0n) is 8.76. The molecular weight excluding hydrogens is 152 g/mol. The Labute approximate surface area is 74.0 Å². The van der Waals surface area contributed by atoms with Gasteiger partial charge in [-0.2, -0.15) is 0 Å². The Morgan fingerprint density at radius 3 is 1.55 bits per heavy atom. The van der Waals surface area contributed by atoms with Gasteiger partial charge in [-0.25, -0.2) is 0 Å². The van der Waals surface area contributed by atoms with E-state index in [2.05, 4.69) is 44.9 Å². The van der Waals surface area contributed by atoms with Gasteiger partial charge in [0.15, 0.2) is 0 Å². The fourth-order valence-corrected chi connectivity index (χ4v) is 2.88. The molecule has 0 N–H and O–H groups in total. The van der Waals surface area contributed by atoms with E-state index in [4.69, 9.17) is 0 Å². The quantitative estimate of drug-likeness (QED) is 0.437. The third kappa shape index (κ3) is 3.36. The minimum atomic E-state index is 0.631. The van der Waals surface area contributed by atoms with E-state index in [1.54, 1.807) is 0 Å². The SMILES string of the molecule is CCC([SiH3])C(N(C)C)N(C)C. The van der Waals surface area contributed by atoms with Crippen molar-refractivity contribution in [1.82, 2.24) is 9.80 Å². The summed E-state index contributed by atoms with van der Waals surface area (Å²) in [5, 5.41) is 0. The lowest BCUT2D eigenvalue weighted by atomic mass is 10.2. The van der Waals surface area contributed by atoms with E-state index in [0.29, 0.717) is 6.17 Å². The Balaban J connectivity index is 4.09. The molecule has 3 heteroatoms. The Hall–Kier alpha value is 0.137. The summed E-state index contributed by atoms with van der Waals surface area (Å²) in [4.78, 5) is 4.61. The summed E-state index contributed by atoms with van der Waals surface area (Å²) in [6.45, 7) is 2.28. The molecule has 1 unspecified atom stereocenters. The molecule has 1 atom stereocenters. The molecule has 0 aromatic carbocycles. The lowest BCUT2D eigenvalue weighted by Crippen LogP contribution is -2.43. The van der Waals surface area contributed by atoms with Crippen molar-refractivity contribution in [1.29, 1.82) is 0 Å². The van der Waals surface area contributed by atoms with E-state index in [1.807, 2.05) is 0 Å². The molecule has 0 aliphatic rings. The van der Waals surface area contributed by atoms with Crippen molar-refractivity contribution in [3.63, 3.8) is 0 Å². The van der Waals surface area contributed by atoms with Crippen LogP contribution < -0.4 is 0 Å². The molecule has 0 spiro atoms.